The highest BCUT2D eigenvalue weighted by atomic mass is 16.5. The molecule has 1 aromatic carbocycles. The summed E-state index contributed by atoms with van der Waals surface area (Å²) in [6, 6.07) is 6.76. The molecule has 0 spiro atoms. The molecular weight excluding hydrogens is 196 g/mol. The molecule has 1 N–H and O–H groups in total. The van der Waals surface area contributed by atoms with Crippen LogP contribution in [0.1, 0.15) is 22.0 Å². The van der Waals surface area contributed by atoms with Gasteiger partial charge in [-0.3, -0.25) is 0 Å². The molecule has 0 amide bonds. The summed E-state index contributed by atoms with van der Waals surface area (Å²) in [6.07, 6.45) is -0.345. The molecule has 1 unspecified atom stereocenters. The van der Waals surface area contributed by atoms with Crippen LogP contribution in [0.2, 0.25) is 0 Å². The molecule has 0 saturated heterocycles. The molecule has 82 valence electrons. The number of methoxy groups -OCH3 is 2. The fourth-order valence-corrected chi connectivity index (χ4v) is 1.41. The van der Waals surface area contributed by atoms with Crippen LogP contribution in [0.3, 0.4) is 0 Å². The van der Waals surface area contributed by atoms with Crippen LogP contribution in [0.5, 0.6) is 0 Å². The van der Waals surface area contributed by atoms with Gasteiger partial charge in [0.25, 0.3) is 0 Å². The third kappa shape index (κ3) is 2.78. The molecule has 0 fully saturated rings. The fourth-order valence-electron chi connectivity index (χ4n) is 1.41. The van der Waals surface area contributed by atoms with E-state index in [9.17, 15) is 4.79 Å². The minimum atomic E-state index is -0.955. The Morgan fingerprint density at radius 3 is 2.60 bits per heavy atom. The molecule has 0 aromatic heterocycles. The van der Waals surface area contributed by atoms with Crippen molar-refractivity contribution < 1.29 is 19.4 Å². The first-order chi connectivity index (χ1) is 7.20. The van der Waals surface area contributed by atoms with Crippen molar-refractivity contribution in [1.29, 1.82) is 0 Å². The summed E-state index contributed by atoms with van der Waals surface area (Å²) in [7, 11) is 3.08. The summed E-state index contributed by atoms with van der Waals surface area (Å²) < 4.78 is 10.1. The van der Waals surface area contributed by atoms with Gasteiger partial charge in [-0.25, -0.2) is 4.79 Å². The second-order valence-electron chi connectivity index (χ2n) is 3.07. The molecule has 4 heteroatoms. The van der Waals surface area contributed by atoms with Gasteiger partial charge in [0.15, 0.2) is 0 Å². The molecule has 0 bridgehead atoms. The van der Waals surface area contributed by atoms with Gasteiger partial charge in [-0.05, 0) is 11.6 Å². The maximum atomic E-state index is 11.0. The van der Waals surface area contributed by atoms with E-state index in [4.69, 9.17) is 14.6 Å². The molecule has 0 aliphatic heterocycles. The predicted octanol–water partition coefficient (Wildman–Crippen LogP) is 1.72. The number of carboxylic acid groups (broad SMARTS) is 1. The van der Waals surface area contributed by atoms with Crippen LogP contribution in [0.25, 0.3) is 0 Å². The Bertz CT molecular complexity index is 335. The molecule has 0 aliphatic carbocycles. The van der Waals surface area contributed by atoms with Crippen LogP contribution in [-0.2, 0) is 9.47 Å². The lowest BCUT2D eigenvalue weighted by atomic mass is 10.0. The zero-order valence-electron chi connectivity index (χ0n) is 8.77. The molecular formula is C11H14O4. The maximum absolute atomic E-state index is 11.0. The van der Waals surface area contributed by atoms with E-state index in [1.165, 1.54) is 7.11 Å². The second-order valence-corrected chi connectivity index (χ2v) is 3.07. The van der Waals surface area contributed by atoms with Gasteiger partial charge >= 0.3 is 5.97 Å². The van der Waals surface area contributed by atoms with Crippen molar-refractivity contribution in [3.63, 3.8) is 0 Å². The first-order valence-corrected chi connectivity index (χ1v) is 4.54. The summed E-state index contributed by atoms with van der Waals surface area (Å²) in [5, 5.41) is 8.98. The zero-order chi connectivity index (χ0) is 11.3. The third-order valence-electron chi connectivity index (χ3n) is 2.14. The molecule has 15 heavy (non-hydrogen) atoms. The number of aromatic carboxylic acids is 1. The van der Waals surface area contributed by atoms with Crippen LogP contribution in [0.4, 0.5) is 0 Å². The smallest absolute Gasteiger partial charge is 0.336 e. The van der Waals surface area contributed by atoms with Gasteiger partial charge < -0.3 is 14.6 Å². The fraction of sp³-hybridized carbons (Fsp3) is 0.364. The Kier molecular flexibility index (Phi) is 4.27. The van der Waals surface area contributed by atoms with Crippen molar-refractivity contribution >= 4 is 5.97 Å². The first-order valence-electron chi connectivity index (χ1n) is 4.54. The quantitative estimate of drug-likeness (QED) is 0.803. The standard InChI is InChI=1S/C11H14O4/c1-14-7-10(15-2)8-5-3-4-6-9(8)11(12)13/h3-6,10H,7H2,1-2H3,(H,12,13). The Hall–Kier alpha value is -1.39. The number of ether oxygens (including phenoxy) is 2. The zero-order valence-corrected chi connectivity index (χ0v) is 8.77. The second kappa shape index (κ2) is 5.48. The number of benzene rings is 1. The van der Waals surface area contributed by atoms with Crippen LogP contribution >= 0.6 is 0 Å². The third-order valence-corrected chi connectivity index (χ3v) is 2.14. The van der Waals surface area contributed by atoms with Crippen LogP contribution in [0.15, 0.2) is 24.3 Å². The van der Waals surface area contributed by atoms with E-state index in [-0.39, 0.29) is 11.7 Å². The molecule has 0 heterocycles. The average Bonchev–Trinajstić information content (AvgIpc) is 2.26. The van der Waals surface area contributed by atoms with Crippen LogP contribution in [-0.4, -0.2) is 31.9 Å². The van der Waals surface area contributed by atoms with Gasteiger partial charge in [-0.2, -0.15) is 0 Å². The Morgan fingerprint density at radius 2 is 2.07 bits per heavy atom. The number of hydrogen-bond acceptors (Lipinski definition) is 3. The number of hydrogen-bond donors (Lipinski definition) is 1. The largest absolute Gasteiger partial charge is 0.478 e. The predicted molar refractivity (Wildman–Crippen MR) is 55.0 cm³/mol. The van der Waals surface area contributed by atoms with Crippen molar-refractivity contribution in [2.45, 2.75) is 6.10 Å². The van der Waals surface area contributed by atoms with E-state index in [2.05, 4.69) is 0 Å². The summed E-state index contributed by atoms with van der Waals surface area (Å²) in [5.41, 5.74) is 0.885. The summed E-state index contributed by atoms with van der Waals surface area (Å²) in [5.74, 6) is -0.955. The van der Waals surface area contributed by atoms with Gasteiger partial charge in [0.2, 0.25) is 0 Å². The number of carbonyl (C=O) groups is 1. The lowest BCUT2D eigenvalue weighted by Gasteiger charge is -2.16. The maximum Gasteiger partial charge on any atom is 0.336 e. The van der Waals surface area contributed by atoms with Gasteiger partial charge in [0.1, 0.15) is 6.10 Å². The van der Waals surface area contributed by atoms with Crippen molar-refractivity contribution in [3.05, 3.63) is 35.4 Å². The van der Waals surface area contributed by atoms with Crippen LogP contribution < -0.4 is 0 Å². The van der Waals surface area contributed by atoms with E-state index >= 15 is 0 Å². The monoisotopic (exact) mass is 210 g/mol. The summed E-state index contributed by atoms with van der Waals surface area (Å²) >= 11 is 0. The highest BCUT2D eigenvalue weighted by Crippen LogP contribution is 2.21. The van der Waals surface area contributed by atoms with Crippen molar-refractivity contribution in [1.82, 2.24) is 0 Å². The highest BCUT2D eigenvalue weighted by molar-refractivity contribution is 5.89. The van der Waals surface area contributed by atoms with Gasteiger partial charge in [-0.15, -0.1) is 0 Å². The summed E-state index contributed by atoms with van der Waals surface area (Å²) in [6.45, 7) is 0.334. The Balaban J connectivity index is 3.04. The minimum absolute atomic E-state index is 0.251. The molecule has 4 nitrogen and oxygen atoms in total. The summed E-state index contributed by atoms with van der Waals surface area (Å²) in [4.78, 5) is 11.0. The van der Waals surface area contributed by atoms with Crippen molar-refractivity contribution in [3.8, 4) is 0 Å². The van der Waals surface area contributed by atoms with E-state index in [1.807, 2.05) is 0 Å². The topological polar surface area (TPSA) is 55.8 Å². The van der Waals surface area contributed by atoms with Gasteiger partial charge in [0.05, 0.1) is 12.2 Å². The van der Waals surface area contributed by atoms with Crippen molar-refractivity contribution in [2.24, 2.45) is 0 Å². The highest BCUT2D eigenvalue weighted by Gasteiger charge is 2.17. The van der Waals surface area contributed by atoms with E-state index in [0.29, 0.717) is 12.2 Å². The normalized spacial score (nSPS) is 12.4. The number of carboxylic acids is 1. The van der Waals surface area contributed by atoms with Crippen LogP contribution in [0, 0.1) is 0 Å². The molecule has 0 saturated carbocycles. The molecule has 0 aliphatic rings. The molecule has 1 aromatic rings. The van der Waals surface area contributed by atoms with E-state index in [1.54, 1.807) is 31.4 Å². The van der Waals surface area contributed by atoms with Gasteiger partial charge in [0, 0.05) is 14.2 Å². The van der Waals surface area contributed by atoms with Gasteiger partial charge in [-0.1, -0.05) is 18.2 Å². The Labute approximate surface area is 88.4 Å². The molecule has 0 radical (unpaired) electrons. The van der Waals surface area contributed by atoms with E-state index < -0.39 is 5.97 Å². The Morgan fingerprint density at radius 1 is 1.40 bits per heavy atom. The average molecular weight is 210 g/mol. The molecule has 1 atom stereocenters. The van der Waals surface area contributed by atoms with E-state index in [0.717, 1.165) is 0 Å². The van der Waals surface area contributed by atoms with Crippen molar-refractivity contribution in [2.75, 3.05) is 20.8 Å². The minimum Gasteiger partial charge on any atom is -0.478 e. The first kappa shape index (κ1) is 11.7. The number of rotatable bonds is 5. The molecule has 1 rings (SSSR count). The lowest BCUT2D eigenvalue weighted by Crippen LogP contribution is -2.13. The lowest BCUT2D eigenvalue weighted by molar-refractivity contribution is 0.0262. The SMILES string of the molecule is COCC(OC)c1ccccc1C(=O)O.